The topological polar surface area (TPSA) is 84.9 Å². The summed E-state index contributed by atoms with van der Waals surface area (Å²) in [6.07, 6.45) is 0.884. The lowest BCUT2D eigenvalue weighted by atomic mass is 9.86. The Morgan fingerprint density at radius 2 is 2.19 bits per heavy atom. The van der Waals surface area contributed by atoms with Gasteiger partial charge >= 0.3 is 5.97 Å². The number of ether oxygens (including phenoxy) is 2. The number of thiophene rings is 1. The van der Waals surface area contributed by atoms with Crippen LogP contribution in [0.15, 0.2) is 9.85 Å². The highest BCUT2D eigenvalue weighted by Gasteiger charge is 2.37. The minimum atomic E-state index is -0.929. The van der Waals surface area contributed by atoms with Crippen molar-refractivity contribution in [2.75, 3.05) is 20.3 Å². The molecule has 1 saturated heterocycles. The fourth-order valence-electron chi connectivity index (χ4n) is 2.30. The van der Waals surface area contributed by atoms with Gasteiger partial charge in [-0.15, -0.1) is 11.3 Å². The molecule has 1 aliphatic heterocycles. The average molecular weight is 378 g/mol. The minimum absolute atomic E-state index is 0.105. The largest absolute Gasteiger partial charge is 0.495 e. The first-order valence-corrected chi connectivity index (χ1v) is 8.02. The fraction of sp³-hybridized carbons (Fsp3) is 0.538. The quantitative estimate of drug-likeness (QED) is 0.821. The molecule has 1 amide bonds. The van der Waals surface area contributed by atoms with Gasteiger partial charge in [-0.1, -0.05) is 0 Å². The van der Waals surface area contributed by atoms with Gasteiger partial charge in [0.15, 0.2) is 0 Å². The summed E-state index contributed by atoms with van der Waals surface area (Å²) in [5.41, 5.74) is -0.745. The zero-order chi connectivity index (χ0) is 15.5. The average Bonchev–Trinajstić information content (AvgIpc) is 2.80. The van der Waals surface area contributed by atoms with E-state index in [1.54, 1.807) is 6.07 Å². The van der Waals surface area contributed by atoms with E-state index in [4.69, 9.17) is 14.6 Å². The highest BCUT2D eigenvalue weighted by molar-refractivity contribution is 9.11. The van der Waals surface area contributed by atoms with E-state index in [0.717, 1.165) is 3.79 Å². The summed E-state index contributed by atoms with van der Waals surface area (Å²) in [5.74, 6) is -0.626. The van der Waals surface area contributed by atoms with Crippen LogP contribution in [0.4, 0.5) is 0 Å². The third-order valence-electron chi connectivity index (χ3n) is 3.42. The number of aliphatic carboxylic acids is 1. The summed E-state index contributed by atoms with van der Waals surface area (Å²) in [7, 11) is 1.53. The van der Waals surface area contributed by atoms with E-state index >= 15 is 0 Å². The smallest absolute Gasteiger partial charge is 0.305 e. The summed E-state index contributed by atoms with van der Waals surface area (Å²) in [6.45, 7) is 0.899. The van der Waals surface area contributed by atoms with Crippen molar-refractivity contribution >= 4 is 39.1 Å². The Hall–Kier alpha value is -1.12. The van der Waals surface area contributed by atoms with Gasteiger partial charge in [0.1, 0.15) is 9.54 Å². The zero-order valence-electron chi connectivity index (χ0n) is 11.5. The monoisotopic (exact) mass is 377 g/mol. The molecule has 1 aromatic rings. The van der Waals surface area contributed by atoms with Crippen molar-refractivity contribution in [2.24, 2.45) is 0 Å². The van der Waals surface area contributed by atoms with E-state index in [0.29, 0.717) is 36.7 Å². The van der Waals surface area contributed by atoms with Crippen molar-refractivity contribution in [1.29, 1.82) is 0 Å². The first kappa shape index (κ1) is 16.3. The molecule has 0 bridgehead atoms. The van der Waals surface area contributed by atoms with Gasteiger partial charge in [0.2, 0.25) is 0 Å². The maximum Gasteiger partial charge on any atom is 0.305 e. The first-order valence-electron chi connectivity index (χ1n) is 6.41. The lowest BCUT2D eigenvalue weighted by Gasteiger charge is -2.36. The van der Waals surface area contributed by atoms with Crippen molar-refractivity contribution < 1.29 is 24.2 Å². The summed E-state index contributed by atoms with van der Waals surface area (Å²) < 4.78 is 11.1. The van der Waals surface area contributed by atoms with Gasteiger partial charge in [0.25, 0.3) is 5.91 Å². The number of carboxylic acid groups (broad SMARTS) is 1. The summed E-state index contributed by atoms with van der Waals surface area (Å²) in [4.78, 5) is 23.9. The summed E-state index contributed by atoms with van der Waals surface area (Å²) in [5, 5.41) is 12.0. The number of rotatable bonds is 5. The molecule has 2 heterocycles. The lowest BCUT2D eigenvalue weighted by molar-refractivity contribution is -0.139. The summed E-state index contributed by atoms with van der Waals surface area (Å²) in [6, 6.07) is 1.64. The highest BCUT2D eigenvalue weighted by atomic mass is 79.9. The number of methoxy groups -OCH3 is 1. The Morgan fingerprint density at radius 3 is 2.71 bits per heavy atom. The SMILES string of the molecule is COc1cc(C(=O)NC2(CC(=O)O)CCOCC2)sc1Br. The second-order valence-electron chi connectivity index (χ2n) is 4.87. The van der Waals surface area contributed by atoms with Gasteiger partial charge < -0.3 is 19.9 Å². The molecule has 8 heteroatoms. The number of hydrogen-bond donors (Lipinski definition) is 2. The predicted molar refractivity (Wildman–Crippen MR) is 81.1 cm³/mol. The number of nitrogens with one attached hydrogen (secondary N) is 1. The Balaban J connectivity index is 2.15. The number of carboxylic acids is 1. The molecule has 0 atom stereocenters. The van der Waals surface area contributed by atoms with Gasteiger partial charge in [-0.2, -0.15) is 0 Å². The molecule has 1 fully saturated rings. The van der Waals surface area contributed by atoms with Crippen molar-refractivity contribution in [3.63, 3.8) is 0 Å². The molecule has 1 aromatic heterocycles. The van der Waals surface area contributed by atoms with E-state index in [2.05, 4.69) is 21.2 Å². The molecule has 0 radical (unpaired) electrons. The van der Waals surface area contributed by atoms with Crippen molar-refractivity contribution in [3.05, 3.63) is 14.7 Å². The molecule has 0 unspecified atom stereocenters. The van der Waals surface area contributed by atoms with Crippen molar-refractivity contribution in [3.8, 4) is 5.75 Å². The molecule has 0 aliphatic carbocycles. The Labute approximate surface area is 134 Å². The number of hydrogen-bond acceptors (Lipinski definition) is 5. The molecule has 0 spiro atoms. The number of amides is 1. The molecule has 2 N–H and O–H groups in total. The number of halogens is 1. The predicted octanol–water partition coefficient (Wildman–Crippen LogP) is 2.27. The Bertz CT molecular complexity index is 539. The maximum atomic E-state index is 12.4. The van der Waals surface area contributed by atoms with Crippen LogP contribution in [0.1, 0.15) is 28.9 Å². The van der Waals surface area contributed by atoms with Gasteiger partial charge in [0.05, 0.1) is 23.9 Å². The van der Waals surface area contributed by atoms with Crippen LogP contribution >= 0.6 is 27.3 Å². The third kappa shape index (κ3) is 3.96. The van der Waals surface area contributed by atoms with Gasteiger partial charge in [-0.05, 0) is 28.8 Å². The van der Waals surface area contributed by atoms with E-state index in [1.165, 1.54) is 18.4 Å². The number of carbonyl (C=O) groups is 2. The molecular weight excluding hydrogens is 362 g/mol. The normalized spacial score (nSPS) is 17.2. The van der Waals surface area contributed by atoms with Crippen LogP contribution in [-0.2, 0) is 9.53 Å². The molecular formula is C13H16BrNO5S. The summed E-state index contributed by atoms with van der Waals surface area (Å²) >= 11 is 4.58. The highest BCUT2D eigenvalue weighted by Crippen LogP contribution is 2.35. The fourth-order valence-corrected chi connectivity index (χ4v) is 3.85. The van der Waals surface area contributed by atoms with Gasteiger partial charge in [-0.3, -0.25) is 9.59 Å². The maximum absolute atomic E-state index is 12.4. The third-order valence-corrected chi connectivity index (χ3v) is 5.20. The lowest BCUT2D eigenvalue weighted by Crippen LogP contribution is -2.53. The van der Waals surface area contributed by atoms with Crippen LogP contribution in [0, 0.1) is 0 Å². The van der Waals surface area contributed by atoms with E-state index in [9.17, 15) is 9.59 Å². The molecule has 116 valence electrons. The van der Waals surface area contributed by atoms with Gasteiger partial charge in [0, 0.05) is 19.3 Å². The zero-order valence-corrected chi connectivity index (χ0v) is 13.9. The minimum Gasteiger partial charge on any atom is -0.495 e. The molecule has 0 saturated carbocycles. The van der Waals surface area contributed by atoms with E-state index in [1.807, 2.05) is 0 Å². The molecule has 1 aliphatic rings. The van der Waals surface area contributed by atoms with Gasteiger partial charge in [-0.25, -0.2) is 0 Å². The molecule has 6 nitrogen and oxygen atoms in total. The molecule has 2 rings (SSSR count). The van der Waals surface area contributed by atoms with Crippen LogP contribution < -0.4 is 10.1 Å². The van der Waals surface area contributed by atoms with Crippen LogP contribution in [0.25, 0.3) is 0 Å². The van der Waals surface area contributed by atoms with E-state index < -0.39 is 11.5 Å². The molecule has 21 heavy (non-hydrogen) atoms. The Morgan fingerprint density at radius 1 is 1.52 bits per heavy atom. The first-order chi connectivity index (χ1) is 9.96. The standard InChI is InChI=1S/C13H16BrNO5S/c1-19-8-6-9(21-11(8)14)12(18)15-13(7-10(16)17)2-4-20-5-3-13/h6H,2-5,7H2,1H3,(H,15,18)(H,16,17). The van der Waals surface area contributed by atoms with Crippen LogP contribution in [0.3, 0.4) is 0 Å². The van der Waals surface area contributed by atoms with Crippen LogP contribution in [-0.4, -0.2) is 42.8 Å². The number of carbonyl (C=O) groups excluding carboxylic acids is 1. The van der Waals surface area contributed by atoms with Crippen molar-refractivity contribution in [1.82, 2.24) is 5.32 Å². The second kappa shape index (κ2) is 6.76. The van der Waals surface area contributed by atoms with Crippen molar-refractivity contribution in [2.45, 2.75) is 24.8 Å². The van der Waals surface area contributed by atoms with Crippen LogP contribution in [0.2, 0.25) is 0 Å². The molecule has 0 aromatic carbocycles. The van der Waals surface area contributed by atoms with E-state index in [-0.39, 0.29) is 12.3 Å². The van der Waals surface area contributed by atoms with Crippen LogP contribution in [0.5, 0.6) is 5.75 Å². The Kier molecular flexibility index (Phi) is 5.23. The second-order valence-corrected chi connectivity index (χ2v) is 7.24.